The monoisotopic (exact) mass is 927 g/mol. The maximum atomic E-state index is 14.7. The van der Waals surface area contributed by atoms with Crippen LogP contribution in [-0.4, -0.2) is 109 Å². The fourth-order valence-corrected chi connectivity index (χ4v) is 7.64. The zero-order valence-electron chi connectivity index (χ0n) is 39.6. The average molecular weight is 928 g/mol. The summed E-state index contributed by atoms with van der Waals surface area (Å²) >= 11 is 0. The number of likely N-dealkylation sites (N-methyl/N-ethyl adjacent to an activating group) is 1. The molecule has 1 aliphatic rings. The SMILES string of the molecule is Cc1nc(C#Cc2ccc(C(C)(C)C)cc2)nc(C)c1C(=O)N[C@@H](CCN)C(=O)N(C)[C@@H]1C(=O)N[C@@H](C)C(=O)N[C@H](C(=O)NCC#N)Cc2ccc(OCCN)c(c2)-c2cc1ccc2OCCN. The Labute approximate surface area is 397 Å². The summed E-state index contributed by atoms with van der Waals surface area (Å²) in [6, 6.07) is 14.9. The summed E-state index contributed by atoms with van der Waals surface area (Å²) in [6.07, 6.45) is -0.0173. The van der Waals surface area contributed by atoms with Gasteiger partial charge in [0.2, 0.25) is 29.5 Å². The van der Waals surface area contributed by atoms with Gasteiger partial charge in [-0.15, -0.1) is 0 Å². The first-order chi connectivity index (χ1) is 32.4. The summed E-state index contributed by atoms with van der Waals surface area (Å²) in [5, 5.41) is 19.9. The van der Waals surface area contributed by atoms with Crippen LogP contribution in [0.15, 0.2) is 60.7 Å². The molecule has 68 heavy (non-hydrogen) atoms. The summed E-state index contributed by atoms with van der Waals surface area (Å²) in [5.74, 6) is 3.64. The Morgan fingerprint density at radius 2 is 1.49 bits per heavy atom. The lowest BCUT2D eigenvalue weighted by Crippen LogP contribution is -2.56. The third-order valence-electron chi connectivity index (χ3n) is 11.2. The average Bonchev–Trinajstić information content (AvgIpc) is 3.30. The molecular formula is C50H61N11O7. The molecule has 0 spiro atoms. The van der Waals surface area contributed by atoms with Crippen molar-refractivity contribution in [2.45, 2.75) is 84.0 Å². The summed E-state index contributed by atoms with van der Waals surface area (Å²) in [7, 11) is 1.41. The summed E-state index contributed by atoms with van der Waals surface area (Å²) in [6.45, 7) is 11.5. The number of aryl methyl sites for hydroxylation is 2. The number of rotatable bonds is 14. The van der Waals surface area contributed by atoms with Crippen LogP contribution in [0, 0.1) is 37.0 Å². The minimum absolute atomic E-state index is 0.00301. The van der Waals surface area contributed by atoms with E-state index < -0.39 is 53.7 Å². The summed E-state index contributed by atoms with van der Waals surface area (Å²) in [4.78, 5) is 80.7. The quantitative estimate of drug-likeness (QED) is 0.0705. The molecule has 10 N–H and O–H groups in total. The molecule has 2 heterocycles. The predicted octanol–water partition coefficient (Wildman–Crippen LogP) is 1.97. The lowest BCUT2D eigenvalue weighted by Gasteiger charge is -2.32. The van der Waals surface area contributed by atoms with Gasteiger partial charge in [-0.25, -0.2) is 9.97 Å². The number of nitrogens with zero attached hydrogens (tertiary/aromatic N) is 4. The number of nitrogens with one attached hydrogen (secondary N) is 4. The fraction of sp³-hybridized carbons (Fsp3) is 0.400. The van der Waals surface area contributed by atoms with Crippen molar-refractivity contribution in [2.24, 2.45) is 17.2 Å². The Morgan fingerprint density at radius 3 is 2.07 bits per heavy atom. The molecule has 1 aliphatic heterocycles. The first-order valence-corrected chi connectivity index (χ1v) is 22.3. The molecular weight excluding hydrogens is 867 g/mol. The van der Waals surface area contributed by atoms with Crippen molar-refractivity contribution in [3.63, 3.8) is 0 Å². The highest BCUT2D eigenvalue weighted by molar-refractivity contribution is 6.00. The van der Waals surface area contributed by atoms with Gasteiger partial charge in [-0.1, -0.05) is 51.0 Å². The molecule has 5 rings (SSSR count). The van der Waals surface area contributed by atoms with Crippen molar-refractivity contribution in [3.05, 3.63) is 106 Å². The number of nitrogens with two attached hydrogens (primary N) is 3. The van der Waals surface area contributed by atoms with Gasteiger partial charge in [-0.3, -0.25) is 24.0 Å². The number of nitriles is 1. The highest BCUT2D eigenvalue weighted by atomic mass is 16.5. The van der Waals surface area contributed by atoms with Crippen molar-refractivity contribution in [2.75, 3.05) is 46.4 Å². The number of aromatic nitrogens is 2. The van der Waals surface area contributed by atoms with Crippen molar-refractivity contribution in [1.29, 1.82) is 5.26 Å². The van der Waals surface area contributed by atoms with Gasteiger partial charge >= 0.3 is 0 Å². The van der Waals surface area contributed by atoms with Gasteiger partial charge in [0, 0.05) is 43.2 Å². The van der Waals surface area contributed by atoms with Gasteiger partial charge in [0.15, 0.2) is 0 Å². The van der Waals surface area contributed by atoms with E-state index in [1.54, 1.807) is 50.2 Å². The molecule has 358 valence electrons. The Hall–Kier alpha value is -7.38. The van der Waals surface area contributed by atoms with E-state index in [2.05, 4.69) is 63.8 Å². The molecule has 0 radical (unpaired) electrons. The molecule has 0 saturated heterocycles. The van der Waals surface area contributed by atoms with Gasteiger partial charge in [-0.05, 0) is 98.2 Å². The third kappa shape index (κ3) is 12.9. The van der Waals surface area contributed by atoms with Crippen LogP contribution >= 0.6 is 0 Å². The van der Waals surface area contributed by atoms with Crippen molar-refractivity contribution in [1.82, 2.24) is 36.1 Å². The Bertz CT molecular complexity index is 2590. The van der Waals surface area contributed by atoms with Gasteiger partial charge in [0.25, 0.3) is 5.91 Å². The highest BCUT2D eigenvalue weighted by Crippen LogP contribution is 2.40. The van der Waals surface area contributed by atoms with Crippen molar-refractivity contribution >= 4 is 29.5 Å². The minimum Gasteiger partial charge on any atom is -0.492 e. The number of hydrogen-bond acceptors (Lipinski definition) is 13. The van der Waals surface area contributed by atoms with E-state index in [4.69, 9.17) is 26.7 Å². The first-order valence-electron chi connectivity index (χ1n) is 22.3. The van der Waals surface area contributed by atoms with E-state index in [0.29, 0.717) is 45.1 Å². The summed E-state index contributed by atoms with van der Waals surface area (Å²) < 4.78 is 12.2. The lowest BCUT2D eigenvalue weighted by molar-refractivity contribution is -0.141. The number of hydrogen-bond donors (Lipinski definition) is 7. The Morgan fingerprint density at radius 1 is 0.868 bits per heavy atom. The van der Waals surface area contributed by atoms with E-state index in [1.165, 1.54) is 24.4 Å². The Kier molecular flexibility index (Phi) is 17.7. The third-order valence-corrected chi connectivity index (χ3v) is 11.2. The van der Waals surface area contributed by atoms with Crippen LogP contribution in [-0.2, 0) is 31.0 Å². The van der Waals surface area contributed by atoms with Crippen LogP contribution in [0.5, 0.6) is 11.5 Å². The second-order valence-electron chi connectivity index (χ2n) is 17.4. The number of fused-ring (bicyclic) bond motifs is 5. The molecule has 1 aromatic heterocycles. The van der Waals surface area contributed by atoms with E-state index in [-0.39, 0.29) is 69.0 Å². The number of ether oxygens (including phenoxy) is 2. The molecule has 18 nitrogen and oxygen atoms in total. The maximum absolute atomic E-state index is 14.7. The van der Waals surface area contributed by atoms with Crippen LogP contribution in [0.4, 0.5) is 0 Å². The zero-order chi connectivity index (χ0) is 49.7. The van der Waals surface area contributed by atoms with E-state index in [0.717, 1.165) is 5.56 Å². The zero-order valence-corrected chi connectivity index (χ0v) is 39.6. The molecule has 18 heteroatoms. The van der Waals surface area contributed by atoms with Gasteiger partial charge in [-0.2, -0.15) is 5.26 Å². The molecule has 0 saturated carbocycles. The fourth-order valence-electron chi connectivity index (χ4n) is 7.64. The van der Waals surface area contributed by atoms with Crippen LogP contribution in [0.25, 0.3) is 11.1 Å². The number of benzene rings is 3. The molecule has 0 fully saturated rings. The highest BCUT2D eigenvalue weighted by Gasteiger charge is 2.36. The normalized spacial score (nSPS) is 16.3. The van der Waals surface area contributed by atoms with Gasteiger partial charge in [0.1, 0.15) is 55.4 Å². The first kappa shape index (κ1) is 51.6. The topological polar surface area (TPSA) is 283 Å². The second-order valence-corrected chi connectivity index (χ2v) is 17.4. The Balaban J connectivity index is 1.54. The number of carbonyl (C=O) groups is 5. The number of amides is 5. The maximum Gasteiger partial charge on any atom is 0.255 e. The molecule has 4 bridgehead atoms. The van der Waals surface area contributed by atoms with E-state index in [1.807, 2.05) is 30.3 Å². The lowest BCUT2D eigenvalue weighted by atomic mass is 9.87. The van der Waals surface area contributed by atoms with Crippen LogP contribution < -0.4 is 47.9 Å². The molecule has 4 atom stereocenters. The predicted molar refractivity (Wildman–Crippen MR) is 256 cm³/mol. The van der Waals surface area contributed by atoms with Crippen LogP contribution in [0.3, 0.4) is 0 Å². The molecule has 4 aromatic rings. The standard InChI is InChI=1S/C50H61N11O7/c1-29-43(30(2)57-42(56-29)17-11-32-8-13-35(14-9-32)50(4,5)6)47(64)59-38(18-19-51)49(66)61(7)44-34-12-16-41(68-25-22-54)37(28-34)36-26-33(10-15-40(36)67-24-21-53)27-39(46(63)55-23-20-52)60-45(62)31(3)58-48(44)65/h8-10,12-16,26,28,31,38-39,44H,18-19,21-25,27,51,53-54H2,1-7H3,(H,55,63)(H,58,65)(H,59,64)(H,60,62)/t31-,38-,39-,44-/m0/s1. The van der Waals surface area contributed by atoms with Crippen LogP contribution in [0.2, 0.25) is 0 Å². The van der Waals surface area contributed by atoms with E-state index in [9.17, 15) is 29.2 Å². The summed E-state index contributed by atoms with van der Waals surface area (Å²) in [5.41, 5.74) is 22.3. The van der Waals surface area contributed by atoms with Gasteiger partial charge in [0.05, 0.1) is 23.0 Å². The van der Waals surface area contributed by atoms with E-state index >= 15 is 0 Å². The van der Waals surface area contributed by atoms with Crippen molar-refractivity contribution < 1.29 is 33.4 Å². The van der Waals surface area contributed by atoms with Crippen molar-refractivity contribution in [3.8, 4) is 40.5 Å². The van der Waals surface area contributed by atoms with Gasteiger partial charge < -0.3 is 52.8 Å². The minimum atomic E-state index is -1.42. The number of carbonyl (C=O) groups excluding carboxylic acids is 5. The second kappa shape index (κ2) is 23.4. The molecule has 3 aromatic carbocycles. The largest absolute Gasteiger partial charge is 0.492 e. The van der Waals surface area contributed by atoms with Crippen LogP contribution in [0.1, 0.15) is 90.0 Å². The smallest absolute Gasteiger partial charge is 0.255 e. The molecule has 0 aliphatic carbocycles. The molecule has 0 unspecified atom stereocenters. The molecule has 5 amide bonds.